The molecular weight excluding hydrogens is 460 g/mol. The lowest BCUT2D eigenvalue weighted by atomic mass is 9.62. The van der Waals surface area contributed by atoms with Gasteiger partial charge in [0.05, 0.1) is 5.69 Å². The minimum Gasteiger partial charge on any atom is -0.380 e. The van der Waals surface area contributed by atoms with Gasteiger partial charge in [-0.15, -0.1) is 0 Å². The predicted molar refractivity (Wildman–Crippen MR) is 144 cm³/mol. The molecule has 1 aliphatic carbocycles. The third kappa shape index (κ3) is 4.80. The fourth-order valence-electron chi connectivity index (χ4n) is 5.55. The second-order valence-electron chi connectivity index (χ2n) is 11.6. The lowest BCUT2D eigenvalue weighted by Gasteiger charge is -2.55. The molecule has 6 nitrogen and oxygen atoms in total. The SMILES string of the molecule is CC(C)c1ccc([C@](O)(c2cncc(C#CC(C)(O)c3cc(C4CC4)ncn3)c2)C2(C)CN(C)C2)cc1. The first-order chi connectivity index (χ1) is 17.5. The van der Waals surface area contributed by atoms with Crippen molar-refractivity contribution in [3.05, 3.63) is 88.8 Å². The summed E-state index contributed by atoms with van der Waals surface area (Å²) >= 11 is 0. The Morgan fingerprint density at radius 3 is 2.35 bits per heavy atom. The van der Waals surface area contributed by atoms with Crippen LogP contribution in [-0.2, 0) is 11.2 Å². The highest BCUT2D eigenvalue weighted by Gasteiger charge is 2.55. The van der Waals surface area contributed by atoms with Crippen LogP contribution in [0.5, 0.6) is 0 Å². The molecule has 2 N–H and O–H groups in total. The average Bonchev–Trinajstić information content (AvgIpc) is 3.72. The summed E-state index contributed by atoms with van der Waals surface area (Å²) in [5.41, 5.74) is 1.79. The van der Waals surface area contributed by atoms with Gasteiger partial charge >= 0.3 is 0 Å². The van der Waals surface area contributed by atoms with E-state index in [9.17, 15) is 10.2 Å². The van der Waals surface area contributed by atoms with Crippen LogP contribution in [0, 0.1) is 17.3 Å². The van der Waals surface area contributed by atoms with Crippen LogP contribution < -0.4 is 0 Å². The Balaban J connectivity index is 1.50. The minimum absolute atomic E-state index is 0.388. The van der Waals surface area contributed by atoms with Gasteiger partial charge < -0.3 is 15.1 Å². The quantitative estimate of drug-likeness (QED) is 0.495. The number of likely N-dealkylation sites (tertiary alicyclic amines) is 1. The first kappa shape index (κ1) is 25.5. The molecule has 3 aromatic rings. The van der Waals surface area contributed by atoms with Gasteiger partial charge in [-0.25, -0.2) is 9.97 Å². The molecule has 2 atom stereocenters. The molecule has 0 spiro atoms. The number of aliphatic hydroxyl groups is 2. The highest BCUT2D eigenvalue weighted by atomic mass is 16.3. The van der Waals surface area contributed by atoms with E-state index in [1.54, 1.807) is 19.3 Å². The van der Waals surface area contributed by atoms with E-state index in [4.69, 9.17) is 0 Å². The molecule has 5 rings (SSSR count). The van der Waals surface area contributed by atoms with E-state index in [-0.39, 0.29) is 5.41 Å². The standard InChI is InChI=1S/C31H36N4O2/c1-21(2)23-8-10-25(11-9-23)31(37,29(3)18-35(5)19-29)26-14-22(16-32-17-26)12-13-30(4,36)28-15-27(24-6-7-24)33-20-34-28/h8-11,14-17,20-21,24,36-37H,6-7,18-19H2,1-5H3/t30?,31-/m0/s1. The summed E-state index contributed by atoms with van der Waals surface area (Å²) in [6.07, 6.45) is 7.15. The normalized spacial score (nSPS) is 20.3. The smallest absolute Gasteiger partial charge is 0.165 e. The number of rotatable bonds is 6. The number of hydrogen-bond acceptors (Lipinski definition) is 6. The maximum Gasteiger partial charge on any atom is 0.165 e. The van der Waals surface area contributed by atoms with Gasteiger partial charge in [0.15, 0.2) is 5.60 Å². The number of hydrogen-bond donors (Lipinski definition) is 2. The Labute approximate surface area is 219 Å². The monoisotopic (exact) mass is 496 g/mol. The first-order valence-corrected chi connectivity index (χ1v) is 13.1. The number of benzene rings is 1. The van der Waals surface area contributed by atoms with Crippen LogP contribution in [-0.4, -0.2) is 50.2 Å². The van der Waals surface area contributed by atoms with Gasteiger partial charge in [0, 0.05) is 53.6 Å². The molecule has 37 heavy (non-hydrogen) atoms. The number of pyridine rings is 1. The molecule has 1 aromatic carbocycles. The zero-order valence-electron chi connectivity index (χ0n) is 22.4. The van der Waals surface area contributed by atoms with E-state index in [1.165, 1.54) is 11.9 Å². The Hall–Kier alpha value is -3.11. The van der Waals surface area contributed by atoms with E-state index < -0.39 is 11.2 Å². The van der Waals surface area contributed by atoms with Crippen LogP contribution >= 0.6 is 0 Å². The van der Waals surface area contributed by atoms with Crippen molar-refractivity contribution in [2.45, 2.75) is 63.6 Å². The van der Waals surface area contributed by atoms with Gasteiger partial charge in [0.2, 0.25) is 0 Å². The molecule has 192 valence electrons. The van der Waals surface area contributed by atoms with Crippen LogP contribution in [0.15, 0.2) is 55.1 Å². The van der Waals surface area contributed by atoms with Gasteiger partial charge in [-0.3, -0.25) is 4.98 Å². The molecule has 3 heterocycles. The zero-order chi connectivity index (χ0) is 26.4. The molecule has 1 saturated heterocycles. The van der Waals surface area contributed by atoms with Crippen molar-refractivity contribution in [2.24, 2.45) is 5.41 Å². The summed E-state index contributed by atoms with van der Waals surface area (Å²) < 4.78 is 0. The second kappa shape index (κ2) is 9.33. The van der Waals surface area contributed by atoms with Crippen molar-refractivity contribution in [2.75, 3.05) is 20.1 Å². The fraction of sp³-hybridized carbons (Fsp3) is 0.452. The minimum atomic E-state index is -1.44. The van der Waals surface area contributed by atoms with Crippen LogP contribution in [0.4, 0.5) is 0 Å². The molecule has 6 heteroatoms. The molecule has 0 bridgehead atoms. The van der Waals surface area contributed by atoms with Crippen molar-refractivity contribution < 1.29 is 10.2 Å². The zero-order valence-corrected chi connectivity index (χ0v) is 22.4. The van der Waals surface area contributed by atoms with Crippen LogP contribution in [0.2, 0.25) is 0 Å². The summed E-state index contributed by atoms with van der Waals surface area (Å²) in [6.45, 7) is 9.62. The highest BCUT2D eigenvalue weighted by Crippen LogP contribution is 2.50. The van der Waals surface area contributed by atoms with Crippen molar-refractivity contribution in [3.63, 3.8) is 0 Å². The van der Waals surface area contributed by atoms with Gasteiger partial charge in [-0.05, 0) is 56.0 Å². The van der Waals surface area contributed by atoms with E-state index in [0.717, 1.165) is 37.2 Å². The molecule has 1 aliphatic heterocycles. The van der Waals surface area contributed by atoms with Gasteiger partial charge in [-0.1, -0.05) is 56.9 Å². The van der Waals surface area contributed by atoms with Gasteiger partial charge in [0.1, 0.15) is 11.9 Å². The van der Waals surface area contributed by atoms with Crippen molar-refractivity contribution in [1.29, 1.82) is 0 Å². The van der Waals surface area contributed by atoms with E-state index in [2.05, 4.69) is 71.6 Å². The van der Waals surface area contributed by atoms with Crippen molar-refractivity contribution >= 4 is 0 Å². The molecule has 2 aliphatic rings. The van der Waals surface area contributed by atoms with Crippen molar-refractivity contribution in [1.82, 2.24) is 19.9 Å². The number of aromatic nitrogens is 3. The summed E-state index contributed by atoms with van der Waals surface area (Å²) in [6, 6.07) is 12.0. The fourth-order valence-corrected chi connectivity index (χ4v) is 5.55. The molecule has 0 radical (unpaired) electrons. The molecule has 1 unspecified atom stereocenters. The molecule has 1 saturated carbocycles. The van der Waals surface area contributed by atoms with Crippen LogP contribution in [0.25, 0.3) is 0 Å². The van der Waals surface area contributed by atoms with E-state index in [0.29, 0.717) is 28.7 Å². The Kier molecular flexibility index (Phi) is 6.44. The Bertz CT molecular complexity index is 1350. The molecular formula is C31H36N4O2. The molecule has 2 fully saturated rings. The Morgan fingerprint density at radius 1 is 1.03 bits per heavy atom. The maximum atomic E-state index is 12.4. The largest absolute Gasteiger partial charge is 0.380 e. The third-order valence-corrected chi connectivity index (χ3v) is 7.90. The Morgan fingerprint density at radius 2 is 1.73 bits per heavy atom. The summed E-state index contributed by atoms with van der Waals surface area (Å²) in [4.78, 5) is 15.3. The third-order valence-electron chi connectivity index (χ3n) is 7.90. The maximum absolute atomic E-state index is 12.4. The summed E-state index contributed by atoms with van der Waals surface area (Å²) in [5, 5.41) is 23.5. The first-order valence-electron chi connectivity index (χ1n) is 13.1. The van der Waals surface area contributed by atoms with Gasteiger partial charge in [-0.2, -0.15) is 0 Å². The van der Waals surface area contributed by atoms with E-state index >= 15 is 0 Å². The highest BCUT2D eigenvalue weighted by molar-refractivity contribution is 5.45. The lowest BCUT2D eigenvalue weighted by Crippen LogP contribution is -2.63. The lowest BCUT2D eigenvalue weighted by molar-refractivity contribution is -0.127. The van der Waals surface area contributed by atoms with Gasteiger partial charge in [0.25, 0.3) is 0 Å². The topological polar surface area (TPSA) is 82.4 Å². The summed E-state index contributed by atoms with van der Waals surface area (Å²) in [7, 11) is 2.06. The van der Waals surface area contributed by atoms with Crippen molar-refractivity contribution in [3.8, 4) is 11.8 Å². The second-order valence-corrected chi connectivity index (χ2v) is 11.6. The number of nitrogens with zero attached hydrogens (tertiary/aromatic N) is 4. The predicted octanol–water partition coefficient (Wildman–Crippen LogP) is 4.32. The van der Waals surface area contributed by atoms with Crippen LogP contribution in [0.1, 0.15) is 86.0 Å². The van der Waals surface area contributed by atoms with Crippen LogP contribution in [0.3, 0.4) is 0 Å². The van der Waals surface area contributed by atoms with E-state index in [1.807, 2.05) is 24.3 Å². The average molecular weight is 497 g/mol. The summed E-state index contributed by atoms with van der Waals surface area (Å²) in [5.74, 6) is 6.94. The molecule has 2 aromatic heterocycles. The molecule has 0 amide bonds.